The van der Waals surface area contributed by atoms with E-state index >= 15 is 0 Å². The van der Waals surface area contributed by atoms with Crippen molar-refractivity contribution in [3.8, 4) is 5.75 Å². The average Bonchev–Trinajstić information content (AvgIpc) is 3.04. The first-order chi connectivity index (χ1) is 14.0. The quantitative estimate of drug-likeness (QED) is 0.585. The summed E-state index contributed by atoms with van der Waals surface area (Å²) in [7, 11) is 0. The normalized spacial score (nSPS) is 16.6. The van der Waals surface area contributed by atoms with E-state index in [0.717, 1.165) is 44.0 Å². The van der Waals surface area contributed by atoms with Gasteiger partial charge in [-0.05, 0) is 48.6 Å². The Bertz CT molecular complexity index is 1100. The fourth-order valence-corrected chi connectivity index (χ4v) is 5.18. The van der Waals surface area contributed by atoms with Crippen molar-refractivity contribution in [1.82, 2.24) is 10.3 Å². The lowest BCUT2D eigenvalue weighted by atomic mass is 10.0. The first kappa shape index (κ1) is 19.6. The van der Waals surface area contributed by atoms with Gasteiger partial charge in [0.05, 0.1) is 27.7 Å². The van der Waals surface area contributed by atoms with Crippen molar-refractivity contribution in [3.63, 3.8) is 0 Å². The summed E-state index contributed by atoms with van der Waals surface area (Å²) in [6.07, 6.45) is 4.86. The van der Waals surface area contributed by atoms with Crippen LogP contribution in [0, 0.1) is 12.8 Å². The molecule has 1 aliphatic heterocycles. The van der Waals surface area contributed by atoms with E-state index in [0.29, 0.717) is 12.5 Å². The molecule has 3 aromatic rings. The van der Waals surface area contributed by atoms with Crippen molar-refractivity contribution in [1.29, 1.82) is 0 Å². The largest absolute Gasteiger partial charge is 0.493 e. The summed E-state index contributed by atoms with van der Waals surface area (Å²) in [5.41, 5.74) is 5.29. The van der Waals surface area contributed by atoms with Crippen LogP contribution in [0.2, 0.25) is 0 Å². The van der Waals surface area contributed by atoms with Crippen LogP contribution in [0.15, 0.2) is 42.6 Å². The number of para-hydroxylation sites is 1. The molecule has 0 fully saturated rings. The first-order valence-corrected chi connectivity index (χ1v) is 10.9. The van der Waals surface area contributed by atoms with E-state index in [2.05, 4.69) is 37.1 Å². The van der Waals surface area contributed by atoms with Crippen molar-refractivity contribution in [2.75, 3.05) is 6.61 Å². The van der Waals surface area contributed by atoms with Gasteiger partial charge in [-0.25, -0.2) is 0 Å². The average molecular weight is 407 g/mol. The molecule has 4 rings (SSSR count). The maximum Gasteiger partial charge on any atom is 0.262 e. The van der Waals surface area contributed by atoms with Gasteiger partial charge in [0.2, 0.25) is 0 Å². The van der Waals surface area contributed by atoms with Gasteiger partial charge in [-0.3, -0.25) is 9.78 Å². The summed E-state index contributed by atoms with van der Waals surface area (Å²) in [5, 5.41) is 3.22. The second-order valence-corrected chi connectivity index (χ2v) is 8.91. The van der Waals surface area contributed by atoms with E-state index in [1.807, 2.05) is 43.5 Å². The summed E-state index contributed by atoms with van der Waals surface area (Å²) in [6.45, 7) is 9.07. The maximum atomic E-state index is 13.2. The fourth-order valence-electron chi connectivity index (χ4n) is 3.94. The van der Waals surface area contributed by atoms with Crippen molar-refractivity contribution < 1.29 is 9.53 Å². The molecule has 0 bridgehead atoms. The van der Waals surface area contributed by atoms with Crippen LogP contribution in [0.3, 0.4) is 0 Å². The van der Waals surface area contributed by atoms with Crippen molar-refractivity contribution in [2.24, 2.45) is 5.92 Å². The molecule has 0 radical (unpaired) electrons. The van der Waals surface area contributed by atoms with E-state index in [4.69, 9.17) is 4.74 Å². The molecular formula is C24H26N2O2S. The van der Waals surface area contributed by atoms with Crippen molar-refractivity contribution in [2.45, 2.75) is 40.2 Å². The highest BCUT2D eigenvalue weighted by atomic mass is 32.1. The molecule has 2 aromatic heterocycles. The Morgan fingerprint density at radius 3 is 2.90 bits per heavy atom. The lowest BCUT2D eigenvalue weighted by Crippen LogP contribution is -2.32. The highest BCUT2D eigenvalue weighted by molar-refractivity contribution is 7.21. The van der Waals surface area contributed by atoms with E-state index in [1.165, 1.54) is 16.9 Å². The minimum absolute atomic E-state index is 0.0351. The second-order valence-electron chi connectivity index (χ2n) is 7.89. The second kappa shape index (κ2) is 7.99. The van der Waals surface area contributed by atoms with Gasteiger partial charge < -0.3 is 10.1 Å². The Hall–Kier alpha value is -2.66. The summed E-state index contributed by atoms with van der Waals surface area (Å²) < 4.78 is 6.80. The third-order valence-corrected chi connectivity index (χ3v) is 6.60. The number of ether oxygens (including phenoxy) is 1. The molecule has 5 heteroatoms. The number of thiophene rings is 1. The Morgan fingerprint density at radius 2 is 2.10 bits per heavy atom. The Morgan fingerprint density at radius 1 is 1.31 bits per heavy atom. The number of pyridine rings is 1. The number of carbonyl (C=O) groups is 1. The minimum atomic E-state index is -0.0383. The summed E-state index contributed by atoms with van der Waals surface area (Å²) in [6, 6.07) is 9.93. The molecule has 1 amide bonds. The summed E-state index contributed by atoms with van der Waals surface area (Å²) >= 11 is 1.54. The van der Waals surface area contributed by atoms with Gasteiger partial charge in [0.15, 0.2) is 0 Å². The van der Waals surface area contributed by atoms with Gasteiger partial charge in [0, 0.05) is 18.2 Å². The topological polar surface area (TPSA) is 51.2 Å². The van der Waals surface area contributed by atoms with Crippen LogP contribution in [-0.4, -0.2) is 17.5 Å². The Kier molecular flexibility index (Phi) is 5.41. The van der Waals surface area contributed by atoms with E-state index in [1.54, 1.807) is 0 Å². The Balaban J connectivity index is 1.68. The lowest BCUT2D eigenvalue weighted by molar-refractivity contribution is 0.0928. The highest BCUT2D eigenvalue weighted by Crippen LogP contribution is 2.36. The van der Waals surface area contributed by atoms with Crippen LogP contribution >= 0.6 is 11.3 Å². The van der Waals surface area contributed by atoms with Crippen LogP contribution in [0.4, 0.5) is 0 Å². The van der Waals surface area contributed by atoms with Gasteiger partial charge in [0.1, 0.15) is 5.75 Å². The molecule has 0 saturated heterocycles. The minimum Gasteiger partial charge on any atom is -0.493 e. The predicted molar refractivity (Wildman–Crippen MR) is 120 cm³/mol. The third kappa shape index (κ3) is 3.79. The van der Waals surface area contributed by atoms with E-state index < -0.39 is 0 Å². The molecule has 1 aromatic carbocycles. The van der Waals surface area contributed by atoms with Crippen molar-refractivity contribution >= 4 is 33.0 Å². The molecule has 29 heavy (non-hydrogen) atoms. The van der Waals surface area contributed by atoms with Gasteiger partial charge in [0.25, 0.3) is 5.91 Å². The molecule has 1 N–H and O–H groups in total. The molecule has 1 atom stereocenters. The smallest absolute Gasteiger partial charge is 0.262 e. The van der Waals surface area contributed by atoms with E-state index in [-0.39, 0.29) is 11.9 Å². The number of hydrogen-bond donors (Lipinski definition) is 1. The molecule has 0 spiro atoms. The number of amides is 1. The monoisotopic (exact) mass is 406 g/mol. The van der Waals surface area contributed by atoms with Crippen LogP contribution in [0.1, 0.15) is 59.6 Å². The zero-order valence-electron chi connectivity index (χ0n) is 17.3. The number of nitrogens with one attached hydrogen (secondary N) is 1. The summed E-state index contributed by atoms with van der Waals surface area (Å²) in [5.74, 6) is 1.29. The molecule has 1 unspecified atom stereocenters. The van der Waals surface area contributed by atoms with Crippen molar-refractivity contribution in [3.05, 3.63) is 64.2 Å². The number of aryl methyl sites for hydroxylation is 1. The number of benzene rings is 1. The number of hydrogen-bond acceptors (Lipinski definition) is 4. The number of rotatable bonds is 4. The molecule has 0 saturated carbocycles. The van der Waals surface area contributed by atoms with Gasteiger partial charge in [-0.15, -0.1) is 11.3 Å². The van der Waals surface area contributed by atoms with Crippen LogP contribution < -0.4 is 10.1 Å². The number of fused-ring (bicyclic) bond motifs is 2. The number of allylic oxidation sites excluding steroid dienone is 2. The van der Waals surface area contributed by atoms with Crippen LogP contribution in [-0.2, 0) is 0 Å². The molecule has 0 aliphatic carbocycles. The lowest BCUT2D eigenvalue weighted by Gasteiger charge is -2.26. The molecule has 1 aliphatic rings. The van der Waals surface area contributed by atoms with Crippen LogP contribution in [0.25, 0.3) is 15.8 Å². The molecule has 4 nitrogen and oxygen atoms in total. The first-order valence-electron chi connectivity index (χ1n) is 10.0. The number of nitrogens with zero attached hydrogens (tertiary/aromatic N) is 1. The van der Waals surface area contributed by atoms with Gasteiger partial charge >= 0.3 is 0 Å². The number of carbonyl (C=O) groups excluding carboxylic acids is 1. The van der Waals surface area contributed by atoms with Gasteiger partial charge in [-0.1, -0.05) is 38.1 Å². The number of aromatic nitrogens is 1. The Labute approximate surface area is 175 Å². The third-order valence-electron chi connectivity index (χ3n) is 5.28. The molecular weight excluding hydrogens is 380 g/mol. The SMILES string of the molecule is C/C(=C\C(C)C)c1ccnc2c(C)c(C(=O)NC3CCOc4ccccc43)sc12. The maximum absolute atomic E-state index is 13.2. The molecule has 150 valence electrons. The zero-order chi connectivity index (χ0) is 20.5. The summed E-state index contributed by atoms with van der Waals surface area (Å²) in [4.78, 5) is 18.5. The zero-order valence-corrected chi connectivity index (χ0v) is 18.1. The predicted octanol–water partition coefficient (Wildman–Crippen LogP) is 5.92. The highest BCUT2D eigenvalue weighted by Gasteiger charge is 2.25. The van der Waals surface area contributed by atoms with E-state index in [9.17, 15) is 4.79 Å². The standard InChI is InChI=1S/C24H26N2O2S/c1-14(2)13-15(3)17-9-11-25-21-16(4)22(29-23(17)21)24(27)26-19-10-12-28-20-8-6-5-7-18(19)20/h5-9,11,13-14,19H,10,12H2,1-4H3,(H,26,27)/b15-13+. The van der Waals surface area contributed by atoms with Gasteiger partial charge in [-0.2, -0.15) is 0 Å². The van der Waals surface area contributed by atoms with Crippen LogP contribution in [0.5, 0.6) is 5.75 Å². The molecule has 3 heterocycles. The fraction of sp³-hybridized carbons (Fsp3) is 0.333.